The number of amides is 1. The Labute approximate surface area is 144 Å². The molecule has 0 aromatic rings. The predicted molar refractivity (Wildman–Crippen MR) is 90.7 cm³/mol. The Kier molecular flexibility index (Phi) is 8.74. The van der Waals surface area contributed by atoms with E-state index in [1.54, 1.807) is 41.5 Å². The van der Waals surface area contributed by atoms with E-state index in [1.165, 1.54) is 0 Å². The fourth-order valence-corrected chi connectivity index (χ4v) is 1.79. The molecule has 0 aliphatic rings. The lowest BCUT2D eigenvalue weighted by atomic mass is 10.1. The summed E-state index contributed by atoms with van der Waals surface area (Å²) in [6, 6.07) is -0.900. The normalized spacial score (nSPS) is 13.0. The minimum absolute atomic E-state index is 0.285. The second-order valence-corrected chi connectivity index (χ2v) is 7.34. The first-order valence-electron chi connectivity index (χ1n) is 7.94. The molecule has 0 aliphatic carbocycles. The van der Waals surface area contributed by atoms with Gasteiger partial charge in [-0.15, -0.1) is 0 Å². The van der Waals surface area contributed by atoms with Gasteiger partial charge >= 0.3 is 12.1 Å². The molecule has 1 atom stereocenters. The largest absolute Gasteiger partial charge is 0.463 e. The van der Waals surface area contributed by atoms with Crippen molar-refractivity contribution in [1.82, 2.24) is 4.90 Å². The summed E-state index contributed by atoms with van der Waals surface area (Å²) in [4.78, 5) is 26.1. The van der Waals surface area contributed by atoms with E-state index in [1.807, 2.05) is 0 Å². The summed E-state index contributed by atoms with van der Waals surface area (Å²) in [7, 11) is 0. The molecule has 140 valence electrons. The van der Waals surface area contributed by atoms with Crippen LogP contribution in [0, 0.1) is 5.41 Å². The van der Waals surface area contributed by atoms with Crippen LogP contribution in [0.3, 0.4) is 0 Å². The first kappa shape index (κ1) is 22.2. The van der Waals surface area contributed by atoms with Crippen LogP contribution in [0.4, 0.5) is 4.79 Å². The van der Waals surface area contributed by atoms with Crippen molar-refractivity contribution >= 4 is 18.5 Å². The first-order valence-corrected chi connectivity index (χ1v) is 7.94. The molecule has 0 fully saturated rings. The van der Waals surface area contributed by atoms with Gasteiger partial charge in [0, 0.05) is 0 Å². The van der Waals surface area contributed by atoms with Gasteiger partial charge in [-0.05, 0) is 60.9 Å². The zero-order valence-corrected chi connectivity index (χ0v) is 15.5. The predicted octanol–water partition coefficient (Wildman–Crippen LogP) is 2.25. The van der Waals surface area contributed by atoms with Crippen LogP contribution in [0.15, 0.2) is 0 Å². The number of nitrogens with one attached hydrogen (secondary N) is 1. The maximum atomic E-state index is 12.5. The van der Waals surface area contributed by atoms with Gasteiger partial charge in [0.1, 0.15) is 17.2 Å². The van der Waals surface area contributed by atoms with Crippen molar-refractivity contribution in [3.05, 3.63) is 0 Å². The van der Waals surface area contributed by atoms with Crippen LogP contribution in [-0.2, 0) is 19.0 Å². The standard InChI is InChI=1S/C16H31N3O5/c1-15(2,3)23-13(20)12(8-7-9-17)19(11-22-10-18)14(21)24-16(4,5)6/h10,12,18H,7-9,11,17H2,1-6H3/t12-/m0/s1. The number of ether oxygens (including phenoxy) is 3. The maximum absolute atomic E-state index is 12.5. The number of hydrogen-bond donors (Lipinski definition) is 2. The second-order valence-electron chi connectivity index (χ2n) is 7.34. The molecule has 0 saturated carbocycles. The Hall–Kier alpha value is -1.83. The number of nitrogens with two attached hydrogens (primary N) is 1. The number of nitrogens with zero attached hydrogens (tertiary/aromatic N) is 1. The number of esters is 1. The van der Waals surface area contributed by atoms with Gasteiger partial charge in [0.25, 0.3) is 0 Å². The van der Waals surface area contributed by atoms with Crippen molar-refractivity contribution in [2.45, 2.75) is 71.6 Å². The Balaban J connectivity index is 5.41. The van der Waals surface area contributed by atoms with Crippen LogP contribution >= 0.6 is 0 Å². The van der Waals surface area contributed by atoms with Gasteiger partial charge in [0.15, 0.2) is 13.1 Å². The molecular weight excluding hydrogens is 314 g/mol. The molecule has 0 spiro atoms. The molecule has 24 heavy (non-hydrogen) atoms. The summed E-state index contributed by atoms with van der Waals surface area (Å²) in [5.74, 6) is -0.560. The monoisotopic (exact) mass is 345 g/mol. The molecule has 0 unspecified atom stereocenters. The third-order valence-corrected chi connectivity index (χ3v) is 2.66. The zero-order chi connectivity index (χ0) is 19.0. The molecule has 0 bridgehead atoms. The summed E-state index contributed by atoms with van der Waals surface area (Å²) in [6.07, 6.45) is 0.823. The molecule has 0 saturated heterocycles. The third-order valence-electron chi connectivity index (χ3n) is 2.66. The minimum Gasteiger partial charge on any atom is -0.463 e. The Bertz CT molecular complexity index is 426. The van der Waals surface area contributed by atoms with Crippen LogP contribution < -0.4 is 5.73 Å². The Morgan fingerprint density at radius 2 is 1.67 bits per heavy atom. The van der Waals surface area contributed by atoms with E-state index in [-0.39, 0.29) is 6.73 Å². The fourth-order valence-electron chi connectivity index (χ4n) is 1.79. The molecule has 0 aromatic carbocycles. The average molecular weight is 345 g/mol. The SMILES string of the molecule is CC(C)(C)OC(=O)[C@H](CCCN)N(COC=N)C(=O)OC(C)(C)C. The first-order chi connectivity index (χ1) is 10.9. The minimum atomic E-state index is -0.900. The van der Waals surface area contributed by atoms with Crippen molar-refractivity contribution in [2.24, 2.45) is 5.73 Å². The highest BCUT2D eigenvalue weighted by atomic mass is 16.6. The number of hydrogen-bond acceptors (Lipinski definition) is 7. The van der Waals surface area contributed by atoms with Gasteiger partial charge in [0.2, 0.25) is 0 Å². The Morgan fingerprint density at radius 1 is 1.12 bits per heavy atom. The Morgan fingerprint density at radius 3 is 2.08 bits per heavy atom. The average Bonchev–Trinajstić information content (AvgIpc) is 2.38. The molecule has 8 nitrogen and oxygen atoms in total. The van der Waals surface area contributed by atoms with Gasteiger partial charge in [-0.2, -0.15) is 0 Å². The number of carbonyl (C=O) groups is 2. The third kappa shape index (κ3) is 9.34. The fraction of sp³-hybridized carbons (Fsp3) is 0.812. The lowest BCUT2D eigenvalue weighted by Crippen LogP contribution is -2.50. The highest BCUT2D eigenvalue weighted by Gasteiger charge is 2.35. The molecule has 0 aliphatic heterocycles. The molecule has 1 amide bonds. The summed E-state index contributed by atoms with van der Waals surface area (Å²) >= 11 is 0. The highest BCUT2D eigenvalue weighted by Crippen LogP contribution is 2.18. The van der Waals surface area contributed by atoms with Crippen molar-refractivity contribution < 1.29 is 23.8 Å². The van der Waals surface area contributed by atoms with Crippen LogP contribution in [0.2, 0.25) is 0 Å². The van der Waals surface area contributed by atoms with Crippen molar-refractivity contribution in [3.8, 4) is 0 Å². The van der Waals surface area contributed by atoms with Gasteiger partial charge in [-0.3, -0.25) is 10.3 Å². The summed E-state index contributed by atoms with van der Waals surface area (Å²) in [5, 5.41) is 6.99. The van der Waals surface area contributed by atoms with Crippen LogP contribution in [0.25, 0.3) is 0 Å². The molecule has 0 radical (unpaired) electrons. The molecule has 8 heteroatoms. The molecule has 0 rings (SSSR count). The van der Waals surface area contributed by atoms with E-state index in [0.717, 1.165) is 4.90 Å². The topological polar surface area (TPSA) is 115 Å². The lowest BCUT2D eigenvalue weighted by Gasteiger charge is -2.33. The molecular formula is C16H31N3O5. The zero-order valence-electron chi connectivity index (χ0n) is 15.5. The summed E-state index contributed by atoms with van der Waals surface area (Å²) in [6.45, 7) is 10.5. The summed E-state index contributed by atoms with van der Waals surface area (Å²) in [5.41, 5.74) is 4.10. The number of rotatable bonds is 8. The summed E-state index contributed by atoms with van der Waals surface area (Å²) < 4.78 is 15.6. The van der Waals surface area contributed by atoms with E-state index < -0.39 is 29.3 Å². The molecule has 3 N–H and O–H groups in total. The van der Waals surface area contributed by atoms with Gasteiger partial charge in [0.05, 0.1) is 0 Å². The van der Waals surface area contributed by atoms with E-state index >= 15 is 0 Å². The molecule has 0 heterocycles. The van der Waals surface area contributed by atoms with Crippen LogP contribution in [-0.4, -0.2) is 53.9 Å². The van der Waals surface area contributed by atoms with E-state index in [4.69, 9.17) is 25.4 Å². The smallest absolute Gasteiger partial charge is 0.413 e. The van der Waals surface area contributed by atoms with Crippen molar-refractivity contribution in [1.29, 1.82) is 5.41 Å². The van der Waals surface area contributed by atoms with Gasteiger partial charge < -0.3 is 19.9 Å². The van der Waals surface area contributed by atoms with E-state index in [9.17, 15) is 9.59 Å². The van der Waals surface area contributed by atoms with Gasteiger partial charge in [-0.1, -0.05) is 0 Å². The van der Waals surface area contributed by atoms with Gasteiger partial charge in [-0.25, -0.2) is 9.59 Å². The number of carbonyl (C=O) groups excluding carboxylic acids is 2. The van der Waals surface area contributed by atoms with Crippen LogP contribution in [0.5, 0.6) is 0 Å². The van der Waals surface area contributed by atoms with Crippen molar-refractivity contribution in [3.63, 3.8) is 0 Å². The maximum Gasteiger partial charge on any atom is 0.413 e. The van der Waals surface area contributed by atoms with E-state index in [0.29, 0.717) is 25.8 Å². The van der Waals surface area contributed by atoms with Crippen LogP contribution in [0.1, 0.15) is 54.4 Å². The lowest BCUT2D eigenvalue weighted by molar-refractivity contribution is -0.162. The molecule has 0 aromatic heterocycles. The second kappa shape index (κ2) is 9.46. The quantitative estimate of drug-likeness (QED) is 0.302. The van der Waals surface area contributed by atoms with Crippen molar-refractivity contribution in [2.75, 3.05) is 13.3 Å². The van der Waals surface area contributed by atoms with E-state index in [2.05, 4.69) is 0 Å². The highest BCUT2D eigenvalue weighted by molar-refractivity contribution is 5.81.